The van der Waals surface area contributed by atoms with E-state index >= 15 is 0 Å². The fourth-order valence-electron chi connectivity index (χ4n) is 0.980. The average Bonchev–Trinajstić information content (AvgIpc) is 2.13. The molecule has 0 fully saturated rings. The maximum absolute atomic E-state index is 9.25. The molecule has 0 aliphatic heterocycles. The molecular weight excluding hydrogens is 174 g/mol. The zero-order chi connectivity index (χ0) is 10.0. The van der Waals surface area contributed by atoms with Crippen LogP contribution >= 0.6 is 0 Å². The van der Waals surface area contributed by atoms with Crippen molar-refractivity contribution >= 4 is 0 Å². The molecule has 5 nitrogen and oxygen atoms in total. The third-order valence-electron chi connectivity index (χ3n) is 1.74. The van der Waals surface area contributed by atoms with Gasteiger partial charge in [-0.3, -0.25) is 0 Å². The summed E-state index contributed by atoms with van der Waals surface area (Å²) in [4.78, 5) is 0. The van der Waals surface area contributed by atoms with Crippen LogP contribution in [-0.4, -0.2) is 27.0 Å². The summed E-state index contributed by atoms with van der Waals surface area (Å²) in [5.74, 6) is -1.63. The molecule has 0 saturated heterocycles. The standard InChI is InChI=1S/C8H11NO4/c9-3-6(11)4-1-2-5(10)8(13)7(4)12/h1-2,6,10-13H,3,9H2. The first-order valence-corrected chi connectivity index (χ1v) is 3.69. The van der Waals surface area contributed by atoms with E-state index in [1.54, 1.807) is 0 Å². The third kappa shape index (κ3) is 1.66. The lowest BCUT2D eigenvalue weighted by Gasteiger charge is -2.11. The Morgan fingerprint density at radius 3 is 2.31 bits per heavy atom. The van der Waals surface area contributed by atoms with Crippen molar-refractivity contribution in [3.05, 3.63) is 17.7 Å². The summed E-state index contributed by atoms with van der Waals surface area (Å²) in [5.41, 5.74) is 5.25. The molecule has 0 saturated carbocycles. The molecule has 72 valence electrons. The molecule has 6 N–H and O–H groups in total. The monoisotopic (exact) mass is 185 g/mol. The van der Waals surface area contributed by atoms with Crippen LogP contribution in [0, 0.1) is 0 Å². The van der Waals surface area contributed by atoms with Gasteiger partial charge in [0.1, 0.15) is 0 Å². The highest BCUT2D eigenvalue weighted by Gasteiger charge is 2.15. The zero-order valence-corrected chi connectivity index (χ0v) is 6.81. The quantitative estimate of drug-likeness (QED) is 0.410. The van der Waals surface area contributed by atoms with Crippen molar-refractivity contribution in [3.63, 3.8) is 0 Å². The number of phenolic OH excluding ortho intramolecular Hbond substituents is 3. The van der Waals surface area contributed by atoms with Crippen LogP contribution in [-0.2, 0) is 0 Å². The van der Waals surface area contributed by atoms with Crippen LogP contribution in [0.3, 0.4) is 0 Å². The number of aliphatic hydroxyl groups excluding tert-OH is 1. The number of rotatable bonds is 2. The maximum Gasteiger partial charge on any atom is 0.200 e. The van der Waals surface area contributed by atoms with Gasteiger partial charge in [-0.05, 0) is 12.1 Å². The molecule has 0 heterocycles. The number of benzene rings is 1. The molecular formula is C8H11NO4. The van der Waals surface area contributed by atoms with Crippen LogP contribution < -0.4 is 5.73 Å². The third-order valence-corrected chi connectivity index (χ3v) is 1.74. The second-order valence-electron chi connectivity index (χ2n) is 2.62. The molecule has 1 atom stereocenters. The Bertz CT molecular complexity index is 313. The highest BCUT2D eigenvalue weighted by molar-refractivity contribution is 5.53. The molecule has 0 bridgehead atoms. The summed E-state index contributed by atoms with van der Waals surface area (Å²) in [7, 11) is 0. The first-order chi connectivity index (χ1) is 6.07. The van der Waals surface area contributed by atoms with Crippen LogP contribution in [0.4, 0.5) is 0 Å². The second kappa shape index (κ2) is 3.51. The van der Waals surface area contributed by atoms with Crippen molar-refractivity contribution in [2.75, 3.05) is 6.54 Å². The van der Waals surface area contributed by atoms with E-state index in [4.69, 9.17) is 15.9 Å². The minimum absolute atomic E-state index is 0.0717. The van der Waals surface area contributed by atoms with Crippen LogP contribution in [0.25, 0.3) is 0 Å². The van der Waals surface area contributed by atoms with Crippen molar-refractivity contribution in [2.45, 2.75) is 6.10 Å². The van der Waals surface area contributed by atoms with E-state index in [0.29, 0.717) is 0 Å². The molecule has 13 heavy (non-hydrogen) atoms. The highest BCUT2D eigenvalue weighted by Crippen LogP contribution is 2.39. The summed E-state index contributed by atoms with van der Waals surface area (Å²) in [6, 6.07) is 2.46. The van der Waals surface area contributed by atoms with E-state index in [9.17, 15) is 10.2 Å². The first kappa shape index (κ1) is 9.63. The van der Waals surface area contributed by atoms with E-state index in [1.807, 2.05) is 0 Å². The topological polar surface area (TPSA) is 107 Å². The van der Waals surface area contributed by atoms with Crippen molar-refractivity contribution in [3.8, 4) is 17.2 Å². The van der Waals surface area contributed by atoms with Gasteiger partial charge in [-0.15, -0.1) is 0 Å². The molecule has 0 spiro atoms. The number of aromatic hydroxyl groups is 3. The van der Waals surface area contributed by atoms with Crippen molar-refractivity contribution in [1.82, 2.24) is 0 Å². The Morgan fingerprint density at radius 1 is 1.15 bits per heavy atom. The summed E-state index contributed by atoms with van der Waals surface area (Å²) >= 11 is 0. The molecule has 0 aromatic heterocycles. The van der Waals surface area contributed by atoms with Crippen LogP contribution in [0.15, 0.2) is 12.1 Å². The van der Waals surface area contributed by atoms with Crippen LogP contribution in [0.1, 0.15) is 11.7 Å². The fraction of sp³-hybridized carbons (Fsp3) is 0.250. The lowest BCUT2D eigenvalue weighted by atomic mass is 10.1. The average molecular weight is 185 g/mol. The predicted molar refractivity (Wildman–Crippen MR) is 45.5 cm³/mol. The minimum atomic E-state index is -1.05. The number of phenols is 3. The van der Waals surface area contributed by atoms with Gasteiger partial charge in [0.2, 0.25) is 5.75 Å². The normalized spacial score (nSPS) is 12.8. The summed E-state index contributed by atoms with van der Waals surface area (Å²) < 4.78 is 0. The van der Waals surface area contributed by atoms with E-state index in [-0.39, 0.29) is 12.1 Å². The molecule has 0 aliphatic carbocycles. The Hall–Kier alpha value is -1.46. The van der Waals surface area contributed by atoms with Crippen LogP contribution in [0.2, 0.25) is 0 Å². The van der Waals surface area contributed by atoms with Gasteiger partial charge in [-0.1, -0.05) is 0 Å². The Morgan fingerprint density at radius 2 is 1.77 bits per heavy atom. The summed E-state index contributed by atoms with van der Waals surface area (Å²) in [6.07, 6.45) is -1.05. The SMILES string of the molecule is NCC(O)c1ccc(O)c(O)c1O. The number of hydrogen-bond donors (Lipinski definition) is 5. The van der Waals surface area contributed by atoms with Gasteiger partial charge in [-0.25, -0.2) is 0 Å². The Kier molecular flexibility index (Phi) is 2.60. The molecule has 0 radical (unpaired) electrons. The molecule has 1 aromatic carbocycles. The molecule has 0 amide bonds. The minimum Gasteiger partial charge on any atom is -0.504 e. The van der Waals surface area contributed by atoms with Crippen molar-refractivity contribution in [2.24, 2.45) is 5.73 Å². The largest absolute Gasteiger partial charge is 0.504 e. The van der Waals surface area contributed by atoms with E-state index < -0.39 is 23.4 Å². The van der Waals surface area contributed by atoms with Gasteiger partial charge in [0.05, 0.1) is 6.10 Å². The molecule has 5 heteroatoms. The molecule has 0 aliphatic rings. The Labute approximate surface area is 74.7 Å². The van der Waals surface area contributed by atoms with Crippen molar-refractivity contribution < 1.29 is 20.4 Å². The second-order valence-corrected chi connectivity index (χ2v) is 2.62. The van der Waals surface area contributed by atoms with Gasteiger partial charge in [0, 0.05) is 12.1 Å². The smallest absolute Gasteiger partial charge is 0.200 e. The summed E-state index contributed by atoms with van der Waals surface area (Å²) in [5, 5.41) is 36.5. The van der Waals surface area contributed by atoms with Gasteiger partial charge in [0.15, 0.2) is 11.5 Å². The first-order valence-electron chi connectivity index (χ1n) is 3.69. The lowest BCUT2D eigenvalue weighted by Crippen LogP contribution is -2.11. The number of nitrogens with two attached hydrogens (primary N) is 1. The predicted octanol–water partition coefficient (Wildman–Crippen LogP) is -0.205. The van der Waals surface area contributed by atoms with Crippen LogP contribution in [0.5, 0.6) is 17.2 Å². The van der Waals surface area contributed by atoms with Gasteiger partial charge in [0.25, 0.3) is 0 Å². The highest BCUT2D eigenvalue weighted by atomic mass is 16.3. The molecule has 1 aromatic rings. The number of aliphatic hydroxyl groups is 1. The molecule has 1 unspecified atom stereocenters. The van der Waals surface area contributed by atoms with E-state index in [1.165, 1.54) is 12.1 Å². The fourth-order valence-corrected chi connectivity index (χ4v) is 0.980. The van der Waals surface area contributed by atoms with E-state index in [2.05, 4.69) is 0 Å². The van der Waals surface area contributed by atoms with Crippen molar-refractivity contribution in [1.29, 1.82) is 0 Å². The van der Waals surface area contributed by atoms with Gasteiger partial charge < -0.3 is 26.2 Å². The number of hydrogen-bond acceptors (Lipinski definition) is 5. The Balaban J connectivity index is 3.18. The lowest BCUT2D eigenvalue weighted by molar-refractivity contribution is 0.181. The zero-order valence-electron chi connectivity index (χ0n) is 6.81. The summed E-state index contributed by atoms with van der Waals surface area (Å²) in [6.45, 7) is -0.0717. The van der Waals surface area contributed by atoms with E-state index in [0.717, 1.165) is 0 Å². The molecule has 1 rings (SSSR count). The van der Waals surface area contributed by atoms with Gasteiger partial charge >= 0.3 is 0 Å². The van der Waals surface area contributed by atoms with Gasteiger partial charge in [-0.2, -0.15) is 0 Å². The maximum atomic E-state index is 9.25.